The minimum atomic E-state index is -0.00877. The third-order valence-corrected chi connectivity index (χ3v) is 5.49. The van der Waals surface area contributed by atoms with E-state index < -0.39 is 0 Å². The number of likely N-dealkylation sites (N-methyl/N-ethyl adjacent to an activating group) is 1. The van der Waals surface area contributed by atoms with Crippen molar-refractivity contribution in [3.8, 4) is 11.5 Å². The van der Waals surface area contributed by atoms with Crippen LogP contribution in [-0.2, 0) is 9.59 Å². The van der Waals surface area contributed by atoms with E-state index in [0.29, 0.717) is 26.3 Å². The minimum absolute atomic E-state index is 0.00877. The summed E-state index contributed by atoms with van der Waals surface area (Å²) in [4.78, 5) is 28.1. The van der Waals surface area contributed by atoms with Crippen molar-refractivity contribution in [3.63, 3.8) is 0 Å². The van der Waals surface area contributed by atoms with Crippen LogP contribution in [0, 0.1) is 0 Å². The first-order valence-corrected chi connectivity index (χ1v) is 10.8. The fraction of sp³-hybridized carbons (Fsp3) is 0.636. The summed E-state index contributed by atoms with van der Waals surface area (Å²) < 4.78 is 11.5. The number of quaternary nitrogens is 1. The van der Waals surface area contributed by atoms with Crippen molar-refractivity contribution < 1.29 is 24.0 Å². The highest BCUT2D eigenvalue weighted by Crippen LogP contribution is 2.37. The summed E-state index contributed by atoms with van der Waals surface area (Å²) in [6.07, 6.45) is 2.80. The van der Waals surface area contributed by atoms with E-state index in [0.717, 1.165) is 54.3 Å². The van der Waals surface area contributed by atoms with E-state index in [9.17, 15) is 9.59 Å². The van der Waals surface area contributed by atoms with Crippen molar-refractivity contribution in [2.24, 2.45) is 0 Å². The molecule has 0 aromatic heterocycles. The van der Waals surface area contributed by atoms with E-state index in [1.165, 1.54) is 0 Å². The highest BCUT2D eigenvalue weighted by Gasteiger charge is 2.32. The van der Waals surface area contributed by atoms with Crippen LogP contribution >= 0.6 is 0 Å². The van der Waals surface area contributed by atoms with Crippen molar-refractivity contribution in [1.29, 1.82) is 0 Å². The van der Waals surface area contributed by atoms with Crippen LogP contribution in [0.5, 0.6) is 11.5 Å². The van der Waals surface area contributed by atoms with Crippen LogP contribution in [0.1, 0.15) is 51.6 Å². The van der Waals surface area contributed by atoms with Gasteiger partial charge in [0.05, 0.1) is 25.8 Å². The molecular formula is C22H34N3O4+. The van der Waals surface area contributed by atoms with Crippen LogP contribution in [0.2, 0.25) is 0 Å². The van der Waals surface area contributed by atoms with Gasteiger partial charge in [0.1, 0.15) is 0 Å². The molecule has 0 radical (unpaired) electrons. The standard InChI is InChI=1S/C22H33N3O4/c1-4-24(14-21(26)23-16(2)3)15-22(27)25-10-5-7-18(25)17-8-9-19-20(13-17)29-12-6-11-28-19/h8-9,13,16,18H,4-7,10-12,14-15H2,1-3H3,(H,23,26)/p+1/t18-/m1/s1. The zero-order valence-electron chi connectivity index (χ0n) is 17.8. The Kier molecular flexibility index (Phi) is 7.36. The number of ether oxygens (including phenoxy) is 2. The van der Waals surface area contributed by atoms with Gasteiger partial charge in [-0.05, 0) is 51.3 Å². The Morgan fingerprint density at radius 1 is 1.17 bits per heavy atom. The van der Waals surface area contributed by atoms with Gasteiger partial charge in [-0.3, -0.25) is 9.59 Å². The number of carbonyl (C=O) groups is 2. The Labute approximate surface area is 173 Å². The van der Waals surface area contributed by atoms with Crippen molar-refractivity contribution in [2.75, 3.05) is 39.4 Å². The third-order valence-electron chi connectivity index (χ3n) is 5.49. The number of carbonyl (C=O) groups excluding carboxylic acids is 2. The van der Waals surface area contributed by atoms with E-state index >= 15 is 0 Å². The lowest BCUT2D eigenvalue weighted by Crippen LogP contribution is -3.14. The maximum absolute atomic E-state index is 13.1. The van der Waals surface area contributed by atoms with Gasteiger partial charge in [-0.15, -0.1) is 0 Å². The van der Waals surface area contributed by atoms with Gasteiger partial charge in [0.2, 0.25) is 0 Å². The van der Waals surface area contributed by atoms with Crippen LogP contribution in [0.4, 0.5) is 0 Å². The molecule has 3 rings (SSSR count). The SMILES string of the molecule is CC[NH+](CC(=O)NC(C)C)CC(=O)N1CCC[C@@H]1c1ccc2c(c1)OCCCO2. The van der Waals surface area contributed by atoms with E-state index in [2.05, 4.69) is 5.32 Å². The quantitative estimate of drug-likeness (QED) is 0.710. The second-order valence-corrected chi connectivity index (χ2v) is 8.18. The van der Waals surface area contributed by atoms with Crippen LogP contribution in [-0.4, -0.2) is 62.1 Å². The molecule has 160 valence electrons. The number of nitrogens with zero attached hydrogens (tertiary/aromatic N) is 1. The van der Waals surface area contributed by atoms with Gasteiger partial charge < -0.3 is 24.6 Å². The third kappa shape index (κ3) is 5.63. The van der Waals surface area contributed by atoms with Gasteiger partial charge in [-0.1, -0.05) is 6.07 Å². The molecule has 2 heterocycles. The average Bonchev–Trinajstić information content (AvgIpc) is 3.05. The van der Waals surface area contributed by atoms with Gasteiger partial charge in [-0.2, -0.15) is 0 Å². The lowest BCUT2D eigenvalue weighted by atomic mass is 10.0. The molecule has 1 aromatic rings. The highest BCUT2D eigenvalue weighted by molar-refractivity contribution is 5.79. The zero-order chi connectivity index (χ0) is 20.8. The molecule has 7 heteroatoms. The Morgan fingerprint density at radius 3 is 2.66 bits per heavy atom. The van der Waals surface area contributed by atoms with Crippen molar-refractivity contribution in [3.05, 3.63) is 23.8 Å². The highest BCUT2D eigenvalue weighted by atomic mass is 16.5. The molecule has 1 unspecified atom stereocenters. The second kappa shape index (κ2) is 9.96. The largest absolute Gasteiger partial charge is 0.490 e. The Balaban J connectivity index is 1.66. The number of benzene rings is 1. The van der Waals surface area contributed by atoms with Crippen LogP contribution in [0.25, 0.3) is 0 Å². The fourth-order valence-electron chi connectivity index (χ4n) is 4.03. The van der Waals surface area contributed by atoms with Crippen molar-refractivity contribution in [1.82, 2.24) is 10.2 Å². The molecule has 1 fully saturated rings. The normalized spacial score (nSPS) is 19.7. The van der Waals surface area contributed by atoms with E-state index in [1.54, 1.807) is 0 Å². The summed E-state index contributed by atoms with van der Waals surface area (Å²) in [7, 11) is 0. The number of amides is 2. The molecule has 0 saturated carbocycles. The molecule has 7 nitrogen and oxygen atoms in total. The molecule has 0 aliphatic carbocycles. The molecule has 2 aliphatic heterocycles. The molecule has 0 spiro atoms. The smallest absolute Gasteiger partial charge is 0.278 e. The molecule has 2 amide bonds. The first-order valence-electron chi connectivity index (χ1n) is 10.8. The first kappa shape index (κ1) is 21.4. The fourth-order valence-corrected chi connectivity index (χ4v) is 4.03. The zero-order valence-corrected chi connectivity index (χ0v) is 17.8. The van der Waals surface area contributed by atoms with Crippen LogP contribution < -0.4 is 19.7 Å². The second-order valence-electron chi connectivity index (χ2n) is 8.18. The number of rotatable bonds is 7. The summed E-state index contributed by atoms with van der Waals surface area (Å²) >= 11 is 0. The van der Waals surface area contributed by atoms with Crippen LogP contribution in [0.15, 0.2) is 18.2 Å². The summed E-state index contributed by atoms with van der Waals surface area (Å²) in [6, 6.07) is 6.19. The Bertz CT molecular complexity index is 722. The minimum Gasteiger partial charge on any atom is -0.490 e. The molecule has 2 aliphatic rings. The van der Waals surface area contributed by atoms with Crippen molar-refractivity contribution in [2.45, 2.75) is 52.1 Å². The summed E-state index contributed by atoms with van der Waals surface area (Å²) in [6.45, 7) is 9.37. The molecule has 2 atom stereocenters. The lowest BCUT2D eigenvalue weighted by molar-refractivity contribution is -0.882. The molecule has 1 aromatic carbocycles. The number of fused-ring (bicyclic) bond motifs is 1. The number of likely N-dealkylation sites (tertiary alicyclic amines) is 1. The average molecular weight is 405 g/mol. The van der Waals surface area contributed by atoms with E-state index in [1.807, 2.05) is 43.9 Å². The predicted octanol–water partition coefficient (Wildman–Crippen LogP) is 0.941. The molecule has 29 heavy (non-hydrogen) atoms. The maximum atomic E-state index is 13.1. The van der Waals surface area contributed by atoms with Gasteiger partial charge in [0.15, 0.2) is 24.6 Å². The Morgan fingerprint density at radius 2 is 1.93 bits per heavy atom. The first-order chi connectivity index (χ1) is 14.0. The Hall–Kier alpha value is -2.28. The molecule has 0 bridgehead atoms. The van der Waals surface area contributed by atoms with Gasteiger partial charge in [0, 0.05) is 19.0 Å². The van der Waals surface area contributed by atoms with Crippen LogP contribution in [0.3, 0.4) is 0 Å². The van der Waals surface area contributed by atoms with Gasteiger partial charge >= 0.3 is 0 Å². The van der Waals surface area contributed by atoms with Crippen molar-refractivity contribution >= 4 is 11.8 Å². The molecular weight excluding hydrogens is 370 g/mol. The number of hydrogen-bond donors (Lipinski definition) is 2. The van der Waals surface area contributed by atoms with Gasteiger partial charge in [-0.25, -0.2) is 0 Å². The summed E-state index contributed by atoms with van der Waals surface area (Å²) in [5.74, 6) is 1.64. The monoisotopic (exact) mass is 404 g/mol. The van der Waals surface area contributed by atoms with E-state index in [-0.39, 0.29) is 23.9 Å². The number of nitrogens with one attached hydrogen (secondary N) is 2. The summed E-state index contributed by atoms with van der Waals surface area (Å²) in [5, 5.41) is 2.91. The molecule has 1 saturated heterocycles. The predicted molar refractivity (Wildman–Crippen MR) is 110 cm³/mol. The molecule has 2 N–H and O–H groups in total. The van der Waals surface area contributed by atoms with Gasteiger partial charge in [0.25, 0.3) is 11.8 Å². The summed E-state index contributed by atoms with van der Waals surface area (Å²) in [5.41, 5.74) is 1.09. The maximum Gasteiger partial charge on any atom is 0.278 e. The topological polar surface area (TPSA) is 72.3 Å². The number of hydrogen-bond acceptors (Lipinski definition) is 4. The lowest BCUT2D eigenvalue weighted by Gasteiger charge is -2.27. The van der Waals surface area contributed by atoms with E-state index in [4.69, 9.17) is 9.47 Å².